The van der Waals surface area contributed by atoms with Gasteiger partial charge < -0.3 is 14.8 Å². The average molecular weight is 431 g/mol. The predicted octanol–water partition coefficient (Wildman–Crippen LogP) is 3.48. The van der Waals surface area contributed by atoms with E-state index in [1.54, 1.807) is 50.6 Å². The molecular formula is C25H25N3O4. The molecule has 0 bridgehead atoms. The van der Waals surface area contributed by atoms with E-state index in [9.17, 15) is 9.59 Å². The van der Waals surface area contributed by atoms with Gasteiger partial charge in [0.25, 0.3) is 0 Å². The monoisotopic (exact) mass is 431 g/mol. The van der Waals surface area contributed by atoms with Crippen molar-refractivity contribution >= 4 is 17.4 Å². The van der Waals surface area contributed by atoms with Crippen LogP contribution in [-0.4, -0.2) is 32.0 Å². The van der Waals surface area contributed by atoms with Crippen molar-refractivity contribution in [2.45, 2.75) is 18.5 Å². The molecular weight excluding hydrogens is 406 g/mol. The number of nitrogens with one attached hydrogen (secondary N) is 3. The second-order valence-corrected chi connectivity index (χ2v) is 7.47. The molecule has 7 nitrogen and oxygen atoms in total. The zero-order chi connectivity index (χ0) is 22.5. The Morgan fingerprint density at radius 3 is 2.41 bits per heavy atom. The maximum Gasteiger partial charge on any atom is 0.242 e. The van der Waals surface area contributed by atoms with Crippen LogP contribution < -0.4 is 25.6 Å². The number of carbonyl (C=O) groups is 2. The molecule has 164 valence electrons. The van der Waals surface area contributed by atoms with Crippen molar-refractivity contribution in [2.24, 2.45) is 0 Å². The van der Waals surface area contributed by atoms with Gasteiger partial charge in [-0.15, -0.1) is 0 Å². The molecule has 7 heteroatoms. The van der Waals surface area contributed by atoms with Crippen LogP contribution in [0.5, 0.6) is 11.5 Å². The second kappa shape index (κ2) is 9.64. The molecule has 1 amide bonds. The van der Waals surface area contributed by atoms with E-state index in [0.29, 0.717) is 34.7 Å². The number of hydrogen-bond acceptors (Lipinski definition) is 6. The Morgan fingerprint density at radius 2 is 1.66 bits per heavy atom. The third-order valence-electron chi connectivity index (χ3n) is 5.50. The molecule has 1 aliphatic rings. The van der Waals surface area contributed by atoms with Crippen LogP contribution >= 0.6 is 0 Å². The highest BCUT2D eigenvalue weighted by Gasteiger charge is 2.32. The number of amides is 1. The average Bonchev–Trinajstić information content (AvgIpc) is 3.34. The van der Waals surface area contributed by atoms with E-state index >= 15 is 0 Å². The Balaban J connectivity index is 1.48. The first-order chi connectivity index (χ1) is 15.6. The van der Waals surface area contributed by atoms with Gasteiger partial charge in [0.15, 0.2) is 5.78 Å². The lowest BCUT2D eigenvalue weighted by atomic mass is 9.99. The van der Waals surface area contributed by atoms with Gasteiger partial charge in [0.1, 0.15) is 17.5 Å². The molecule has 2 atom stereocenters. The fourth-order valence-electron chi connectivity index (χ4n) is 3.79. The van der Waals surface area contributed by atoms with Gasteiger partial charge in [0, 0.05) is 22.8 Å². The number of ketones is 1. The van der Waals surface area contributed by atoms with Crippen molar-refractivity contribution in [1.29, 1.82) is 0 Å². The number of carbonyl (C=O) groups excluding carboxylic acids is 2. The Kier molecular flexibility index (Phi) is 6.49. The van der Waals surface area contributed by atoms with Crippen molar-refractivity contribution in [3.63, 3.8) is 0 Å². The van der Waals surface area contributed by atoms with Gasteiger partial charge in [-0.2, -0.15) is 0 Å². The molecule has 3 N–H and O–H groups in total. The molecule has 1 heterocycles. The second-order valence-electron chi connectivity index (χ2n) is 7.47. The number of methoxy groups -OCH3 is 2. The third-order valence-corrected chi connectivity index (χ3v) is 5.50. The fourth-order valence-corrected chi connectivity index (χ4v) is 3.79. The minimum Gasteiger partial charge on any atom is -0.497 e. The summed E-state index contributed by atoms with van der Waals surface area (Å²) in [5.41, 5.74) is 8.65. The number of rotatable bonds is 7. The van der Waals surface area contributed by atoms with Gasteiger partial charge >= 0.3 is 0 Å². The predicted molar refractivity (Wildman–Crippen MR) is 122 cm³/mol. The molecule has 3 aromatic carbocycles. The van der Waals surface area contributed by atoms with E-state index in [4.69, 9.17) is 9.47 Å². The zero-order valence-corrected chi connectivity index (χ0v) is 17.9. The summed E-state index contributed by atoms with van der Waals surface area (Å²) in [4.78, 5) is 25.9. The van der Waals surface area contributed by atoms with Gasteiger partial charge in [-0.05, 0) is 24.6 Å². The van der Waals surface area contributed by atoms with E-state index in [-0.39, 0.29) is 17.7 Å². The first-order valence-electron chi connectivity index (χ1n) is 10.3. The van der Waals surface area contributed by atoms with Crippen molar-refractivity contribution in [1.82, 2.24) is 10.9 Å². The standard InChI is InChI=1S/C25H25N3O4/c1-31-17-12-13-18(23(14-17)32-2)21-15-22(28-27-21)25(30)26-20-11-7-6-10-19(20)24(29)16-8-4-3-5-9-16/h3-14,21-22,27-28H,15H2,1-2H3,(H,26,30). The maximum atomic E-state index is 13.0. The quantitative estimate of drug-likeness (QED) is 0.497. The molecule has 0 spiro atoms. The van der Waals surface area contributed by atoms with Crippen LogP contribution in [0.2, 0.25) is 0 Å². The number of benzene rings is 3. The molecule has 0 radical (unpaired) electrons. The molecule has 1 aliphatic heterocycles. The molecule has 32 heavy (non-hydrogen) atoms. The number of anilines is 1. The maximum absolute atomic E-state index is 13.0. The van der Waals surface area contributed by atoms with E-state index < -0.39 is 6.04 Å². The van der Waals surface area contributed by atoms with Gasteiger partial charge in [-0.3, -0.25) is 9.59 Å². The molecule has 1 saturated heterocycles. The van der Waals surface area contributed by atoms with E-state index in [0.717, 1.165) is 5.56 Å². The van der Waals surface area contributed by atoms with Crippen LogP contribution in [0.1, 0.15) is 33.9 Å². The molecule has 0 aromatic heterocycles. The summed E-state index contributed by atoms with van der Waals surface area (Å²) < 4.78 is 10.7. The van der Waals surface area contributed by atoms with Crippen LogP contribution in [-0.2, 0) is 4.79 Å². The first kappa shape index (κ1) is 21.5. The topological polar surface area (TPSA) is 88.7 Å². The highest BCUT2D eigenvalue weighted by molar-refractivity contribution is 6.14. The summed E-state index contributed by atoms with van der Waals surface area (Å²) in [5.74, 6) is 1.02. The number of para-hydroxylation sites is 1. The van der Waals surface area contributed by atoms with Crippen molar-refractivity contribution in [3.8, 4) is 11.5 Å². The van der Waals surface area contributed by atoms with Crippen LogP contribution in [0.25, 0.3) is 0 Å². The summed E-state index contributed by atoms with van der Waals surface area (Å²) >= 11 is 0. The van der Waals surface area contributed by atoms with E-state index in [1.165, 1.54) is 0 Å². The van der Waals surface area contributed by atoms with Crippen molar-refractivity contribution < 1.29 is 19.1 Å². The highest BCUT2D eigenvalue weighted by Crippen LogP contribution is 2.33. The number of hydrogen-bond donors (Lipinski definition) is 3. The highest BCUT2D eigenvalue weighted by atomic mass is 16.5. The molecule has 0 saturated carbocycles. The van der Waals surface area contributed by atoms with Gasteiger partial charge in [0.2, 0.25) is 5.91 Å². The normalized spacial score (nSPS) is 17.6. The third kappa shape index (κ3) is 4.49. The van der Waals surface area contributed by atoms with E-state index in [2.05, 4.69) is 16.2 Å². The fraction of sp³-hybridized carbons (Fsp3) is 0.200. The van der Waals surface area contributed by atoms with Gasteiger partial charge in [-0.1, -0.05) is 48.5 Å². The lowest BCUT2D eigenvalue weighted by Gasteiger charge is -2.15. The lowest BCUT2D eigenvalue weighted by molar-refractivity contribution is -0.117. The van der Waals surface area contributed by atoms with Crippen LogP contribution in [0.3, 0.4) is 0 Å². The van der Waals surface area contributed by atoms with Crippen LogP contribution in [0.15, 0.2) is 72.8 Å². The smallest absolute Gasteiger partial charge is 0.242 e. The summed E-state index contributed by atoms with van der Waals surface area (Å²) in [6, 6.07) is 21.0. The molecule has 4 rings (SSSR count). The van der Waals surface area contributed by atoms with Gasteiger partial charge in [0.05, 0.1) is 25.9 Å². The Labute approximate surface area is 186 Å². The Bertz CT molecular complexity index is 1120. The Morgan fingerprint density at radius 1 is 0.906 bits per heavy atom. The molecule has 2 unspecified atom stereocenters. The SMILES string of the molecule is COc1ccc(C2CC(C(=O)Nc3ccccc3C(=O)c3ccccc3)NN2)c(OC)c1. The minimum absolute atomic E-state index is 0.118. The summed E-state index contributed by atoms with van der Waals surface area (Å²) in [7, 11) is 3.20. The zero-order valence-electron chi connectivity index (χ0n) is 17.9. The summed E-state index contributed by atoms with van der Waals surface area (Å²) in [6.45, 7) is 0. The van der Waals surface area contributed by atoms with E-state index in [1.807, 2.05) is 36.4 Å². The largest absolute Gasteiger partial charge is 0.497 e. The summed E-state index contributed by atoms with van der Waals surface area (Å²) in [6.07, 6.45) is 0.517. The summed E-state index contributed by atoms with van der Waals surface area (Å²) in [5, 5.41) is 2.91. The molecule has 3 aromatic rings. The number of ether oxygens (including phenoxy) is 2. The van der Waals surface area contributed by atoms with Gasteiger partial charge in [-0.25, -0.2) is 10.9 Å². The lowest BCUT2D eigenvalue weighted by Crippen LogP contribution is -2.39. The Hall–Kier alpha value is -3.68. The van der Waals surface area contributed by atoms with Crippen molar-refractivity contribution in [2.75, 3.05) is 19.5 Å². The molecule has 1 fully saturated rings. The minimum atomic E-state index is -0.480. The first-order valence-corrected chi connectivity index (χ1v) is 10.3. The van der Waals surface area contributed by atoms with Crippen LogP contribution in [0.4, 0.5) is 5.69 Å². The molecule has 0 aliphatic carbocycles. The van der Waals surface area contributed by atoms with Crippen LogP contribution in [0, 0.1) is 0 Å². The number of hydrazine groups is 1. The van der Waals surface area contributed by atoms with Crippen molar-refractivity contribution in [3.05, 3.63) is 89.5 Å².